The molecule has 90 valence electrons. The Bertz CT molecular complexity index is 171. The molecule has 1 saturated heterocycles. The Morgan fingerprint density at radius 3 is 2.93 bits per heavy atom. The Balaban J connectivity index is 2.24. The number of hydrogen-bond acceptors (Lipinski definition) is 4. The molecule has 0 aromatic rings. The van der Waals surface area contributed by atoms with Crippen molar-refractivity contribution in [2.24, 2.45) is 0 Å². The van der Waals surface area contributed by atoms with Crippen molar-refractivity contribution < 1.29 is 14.6 Å². The van der Waals surface area contributed by atoms with Gasteiger partial charge in [0.25, 0.3) is 0 Å². The van der Waals surface area contributed by atoms with Crippen LogP contribution in [0.25, 0.3) is 0 Å². The average Bonchev–Trinajstić information content (AvgIpc) is 2.76. The molecule has 1 heterocycles. The largest absolute Gasteiger partial charge is 0.394 e. The van der Waals surface area contributed by atoms with Crippen LogP contribution in [0, 0.1) is 0 Å². The van der Waals surface area contributed by atoms with Gasteiger partial charge >= 0.3 is 0 Å². The Hall–Kier alpha value is -0.160. The van der Waals surface area contributed by atoms with E-state index >= 15 is 0 Å². The summed E-state index contributed by atoms with van der Waals surface area (Å²) in [5.74, 6) is 0. The van der Waals surface area contributed by atoms with Crippen LogP contribution in [0.15, 0.2) is 0 Å². The number of aliphatic hydroxyl groups excluding tert-OH is 1. The van der Waals surface area contributed by atoms with Gasteiger partial charge in [-0.1, -0.05) is 0 Å². The van der Waals surface area contributed by atoms with E-state index in [1.807, 2.05) is 13.8 Å². The standard InChI is InChI=1S/C11H23NO3/c1-3-14-9-11(2,8-13)12-7-10-5-4-6-15-10/h10,12-13H,3-9H2,1-2H3. The van der Waals surface area contributed by atoms with Crippen LogP contribution in [-0.2, 0) is 9.47 Å². The number of aliphatic hydroxyl groups is 1. The normalized spacial score (nSPS) is 25.4. The Labute approximate surface area is 92.0 Å². The fourth-order valence-electron chi connectivity index (χ4n) is 1.65. The summed E-state index contributed by atoms with van der Waals surface area (Å²) in [6, 6.07) is 0. The van der Waals surface area contributed by atoms with Crippen LogP contribution in [-0.4, -0.2) is 49.7 Å². The van der Waals surface area contributed by atoms with Crippen LogP contribution in [0.1, 0.15) is 26.7 Å². The lowest BCUT2D eigenvalue weighted by Crippen LogP contribution is -2.52. The monoisotopic (exact) mass is 217 g/mol. The molecular formula is C11H23NO3. The summed E-state index contributed by atoms with van der Waals surface area (Å²) < 4.78 is 10.9. The van der Waals surface area contributed by atoms with Crippen LogP contribution in [0.2, 0.25) is 0 Å². The first-order valence-electron chi connectivity index (χ1n) is 5.75. The van der Waals surface area contributed by atoms with Crippen LogP contribution in [0.3, 0.4) is 0 Å². The van der Waals surface area contributed by atoms with Gasteiger partial charge in [0.15, 0.2) is 0 Å². The van der Waals surface area contributed by atoms with Gasteiger partial charge in [-0.05, 0) is 26.7 Å². The summed E-state index contributed by atoms with van der Waals surface area (Å²) in [6.45, 7) is 6.89. The molecule has 0 amide bonds. The van der Waals surface area contributed by atoms with E-state index in [0.29, 0.717) is 19.3 Å². The lowest BCUT2D eigenvalue weighted by Gasteiger charge is -2.29. The summed E-state index contributed by atoms with van der Waals surface area (Å²) >= 11 is 0. The maximum atomic E-state index is 9.30. The summed E-state index contributed by atoms with van der Waals surface area (Å²) in [5.41, 5.74) is -0.345. The first kappa shape index (κ1) is 12.9. The molecule has 2 atom stereocenters. The molecule has 0 radical (unpaired) electrons. The molecule has 1 aliphatic heterocycles. The average molecular weight is 217 g/mol. The molecule has 0 aliphatic carbocycles. The molecule has 1 aliphatic rings. The van der Waals surface area contributed by atoms with Crippen molar-refractivity contribution in [1.29, 1.82) is 0 Å². The summed E-state index contributed by atoms with van der Waals surface area (Å²) in [5, 5.41) is 12.6. The van der Waals surface area contributed by atoms with Crippen molar-refractivity contribution in [3.05, 3.63) is 0 Å². The maximum absolute atomic E-state index is 9.30. The highest BCUT2D eigenvalue weighted by Crippen LogP contribution is 2.12. The highest BCUT2D eigenvalue weighted by atomic mass is 16.5. The maximum Gasteiger partial charge on any atom is 0.0700 e. The molecule has 2 unspecified atom stereocenters. The lowest BCUT2D eigenvalue weighted by atomic mass is 10.0. The quantitative estimate of drug-likeness (QED) is 0.653. The topological polar surface area (TPSA) is 50.7 Å². The second kappa shape index (κ2) is 6.43. The Kier molecular flexibility index (Phi) is 5.53. The van der Waals surface area contributed by atoms with E-state index in [1.165, 1.54) is 0 Å². The third-order valence-corrected chi connectivity index (χ3v) is 2.75. The first-order valence-corrected chi connectivity index (χ1v) is 5.75. The Morgan fingerprint density at radius 2 is 2.40 bits per heavy atom. The van der Waals surface area contributed by atoms with Gasteiger partial charge in [0.1, 0.15) is 0 Å². The molecule has 0 aromatic heterocycles. The van der Waals surface area contributed by atoms with E-state index < -0.39 is 0 Å². The third-order valence-electron chi connectivity index (χ3n) is 2.75. The highest BCUT2D eigenvalue weighted by molar-refractivity contribution is 4.84. The Morgan fingerprint density at radius 1 is 1.60 bits per heavy atom. The number of ether oxygens (including phenoxy) is 2. The van der Waals surface area contributed by atoms with Gasteiger partial charge in [0.2, 0.25) is 0 Å². The van der Waals surface area contributed by atoms with Crippen molar-refractivity contribution in [1.82, 2.24) is 5.32 Å². The van der Waals surface area contributed by atoms with Crippen LogP contribution < -0.4 is 5.32 Å². The second-order valence-electron chi connectivity index (χ2n) is 4.37. The van der Waals surface area contributed by atoms with E-state index in [-0.39, 0.29) is 12.1 Å². The van der Waals surface area contributed by atoms with Gasteiger partial charge in [0, 0.05) is 19.8 Å². The van der Waals surface area contributed by atoms with Gasteiger partial charge in [-0.2, -0.15) is 0 Å². The van der Waals surface area contributed by atoms with Gasteiger partial charge in [-0.15, -0.1) is 0 Å². The van der Waals surface area contributed by atoms with E-state index in [1.54, 1.807) is 0 Å². The zero-order valence-electron chi connectivity index (χ0n) is 9.79. The van der Waals surface area contributed by atoms with Crippen molar-refractivity contribution in [3.8, 4) is 0 Å². The van der Waals surface area contributed by atoms with Gasteiger partial charge in [0.05, 0.1) is 24.9 Å². The van der Waals surface area contributed by atoms with Gasteiger partial charge in [-0.3, -0.25) is 0 Å². The molecule has 0 saturated carbocycles. The molecule has 2 N–H and O–H groups in total. The predicted octanol–water partition coefficient (Wildman–Crippen LogP) is 0.542. The third kappa shape index (κ3) is 4.47. The summed E-state index contributed by atoms with van der Waals surface area (Å²) in [4.78, 5) is 0. The van der Waals surface area contributed by atoms with Crippen molar-refractivity contribution in [3.63, 3.8) is 0 Å². The SMILES string of the molecule is CCOCC(C)(CO)NCC1CCCO1. The minimum Gasteiger partial charge on any atom is -0.394 e. The molecule has 4 heteroatoms. The predicted molar refractivity (Wildman–Crippen MR) is 59.0 cm³/mol. The molecule has 1 fully saturated rings. The van der Waals surface area contributed by atoms with Gasteiger partial charge in [-0.25, -0.2) is 0 Å². The fourth-order valence-corrected chi connectivity index (χ4v) is 1.65. The summed E-state index contributed by atoms with van der Waals surface area (Å²) in [6.07, 6.45) is 2.56. The van der Waals surface area contributed by atoms with Crippen LogP contribution in [0.4, 0.5) is 0 Å². The van der Waals surface area contributed by atoms with Crippen molar-refractivity contribution in [2.45, 2.75) is 38.3 Å². The zero-order valence-corrected chi connectivity index (χ0v) is 9.79. The number of rotatable bonds is 7. The molecule has 15 heavy (non-hydrogen) atoms. The molecule has 0 spiro atoms. The smallest absolute Gasteiger partial charge is 0.0700 e. The van der Waals surface area contributed by atoms with E-state index in [4.69, 9.17) is 9.47 Å². The van der Waals surface area contributed by atoms with Crippen molar-refractivity contribution in [2.75, 3.05) is 33.0 Å². The molecule has 0 aromatic carbocycles. The summed E-state index contributed by atoms with van der Waals surface area (Å²) in [7, 11) is 0. The lowest BCUT2D eigenvalue weighted by molar-refractivity contribution is 0.0371. The minimum absolute atomic E-state index is 0.0831. The van der Waals surface area contributed by atoms with E-state index in [0.717, 1.165) is 26.0 Å². The van der Waals surface area contributed by atoms with E-state index in [9.17, 15) is 5.11 Å². The molecule has 0 bridgehead atoms. The van der Waals surface area contributed by atoms with Crippen LogP contribution >= 0.6 is 0 Å². The van der Waals surface area contributed by atoms with Crippen LogP contribution in [0.5, 0.6) is 0 Å². The fraction of sp³-hybridized carbons (Fsp3) is 1.00. The van der Waals surface area contributed by atoms with Crippen molar-refractivity contribution >= 4 is 0 Å². The molecule has 4 nitrogen and oxygen atoms in total. The minimum atomic E-state index is -0.345. The molecular weight excluding hydrogens is 194 g/mol. The number of hydrogen-bond donors (Lipinski definition) is 2. The second-order valence-corrected chi connectivity index (χ2v) is 4.37. The zero-order chi connectivity index (χ0) is 11.1. The molecule has 1 rings (SSSR count). The first-order chi connectivity index (χ1) is 7.20. The highest BCUT2D eigenvalue weighted by Gasteiger charge is 2.25. The number of nitrogens with one attached hydrogen (secondary N) is 1. The van der Waals surface area contributed by atoms with Gasteiger partial charge < -0.3 is 19.9 Å². The van der Waals surface area contributed by atoms with E-state index in [2.05, 4.69) is 5.32 Å².